The minimum atomic E-state index is 0. The van der Waals surface area contributed by atoms with Crippen molar-refractivity contribution in [3.8, 4) is 5.75 Å². The highest BCUT2D eigenvalue weighted by molar-refractivity contribution is 5.85. The van der Waals surface area contributed by atoms with Crippen LogP contribution in [0.15, 0.2) is 54.6 Å². The maximum atomic E-state index is 5.77. The molecule has 0 aliphatic rings. The van der Waals surface area contributed by atoms with Gasteiger partial charge in [0, 0.05) is 12.6 Å². The van der Waals surface area contributed by atoms with E-state index >= 15 is 0 Å². The van der Waals surface area contributed by atoms with Gasteiger partial charge in [0.2, 0.25) is 0 Å². The van der Waals surface area contributed by atoms with E-state index in [2.05, 4.69) is 43.4 Å². The molecule has 0 bridgehead atoms. The normalized spacial score (nSPS) is 11.5. The zero-order valence-corrected chi connectivity index (χ0v) is 13.5. The van der Waals surface area contributed by atoms with E-state index in [0.717, 1.165) is 18.7 Å². The molecule has 1 unspecified atom stereocenters. The van der Waals surface area contributed by atoms with Gasteiger partial charge < -0.3 is 10.1 Å². The van der Waals surface area contributed by atoms with Crippen LogP contribution >= 0.6 is 12.4 Å². The van der Waals surface area contributed by atoms with E-state index in [-0.39, 0.29) is 12.4 Å². The number of rotatable bonds is 7. The third-order valence-corrected chi connectivity index (χ3v) is 3.44. The van der Waals surface area contributed by atoms with E-state index in [1.807, 2.05) is 30.3 Å². The molecule has 21 heavy (non-hydrogen) atoms. The molecule has 0 radical (unpaired) electrons. The summed E-state index contributed by atoms with van der Waals surface area (Å²) in [6, 6.07) is 19.1. The lowest BCUT2D eigenvalue weighted by Crippen LogP contribution is -2.24. The molecule has 0 aliphatic heterocycles. The summed E-state index contributed by atoms with van der Waals surface area (Å²) < 4.78 is 5.77. The predicted molar refractivity (Wildman–Crippen MR) is 91.1 cm³/mol. The summed E-state index contributed by atoms with van der Waals surface area (Å²) in [4.78, 5) is 0. The Balaban J connectivity index is 0.00000220. The largest absolute Gasteiger partial charge is 0.489 e. The third-order valence-electron chi connectivity index (χ3n) is 3.44. The molecule has 0 spiro atoms. The van der Waals surface area contributed by atoms with Crippen molar-refractivity contribution in [3.63, 3.8) is 0 Å². The Labute approximate surface area is 133 Å². The molecule has 1 atom stereocenters. The van der Waals surface area contributed by atoms with Crippen LogP contribution in [0, 0.1) is 0 Å². The van der Waals surface area contributed by atoms with E-state index in [1.54, 1.807) is 0 Å². The molecular weight excluding hydrogens is 282 g/mol. The van der Waals surface area contributed by atoms with Gasteiger partial charge in [0.1, 0.15) is 12.4 Å². The van der Waals surface area contributed by atoms with Gasteiger partial charge in [-0.05, 0) is 36.6 Å². The average molecular weight is 306 g/mol. The number of nitrogens with one attached hydrogen (secondary N) is 1. The zero-order chi connectivity index (χ0) is 14.2. The molecule has 2 aromatic carbocycles. The van der Waals surface area contributed by atoms with Gasteiger partial charge in [0.05, 0.1) is 0 Å². The van der Waals surface area contributed by atoms with Crippen molar-refractivity contribution in [3.05, 3.63) is 65.7 Å². The molecule has 0 saturated heterocycles. The van der Waals surface area contributed by atoms with Crippen molar-refractivity contribution >= 4 is 12.4 Å². The summed E-state index contributed by atoms with van der Waals surface area (Å²) in [5.74, 6) is 0.918. The Bertz CT molecular complexity index is 498. The summed E-state index contributed by atoms with van der Waals surface area (Å²) in [5, 5.41) is 3.49. The summed E-state index contributed by atoms with van der Waals surface area (Å²) in [5.41, 5.74) is 2.48. The second kappa shape index (κ2) is 9.43. The Morgan fingerprint density at radius 3 is 2.24 bits per heavy atom. The first kappa shape index (κ1) is 17.5. The van der Waals surface area contributed by atoms with Crippen LogP contribution in [-0.4, -0.2) is 6.04 Å². The summed E-state index contributed by atoms with van der Waals surface area (Å²) >= 11 is 0. The quantitative estimate of drug-likeness (QED) is 0.808. The molecule has 0 saturated carbocycles. The second-order valence-electron chi connectivity index (χ2n) is 5.11. The molecule has 0 aliphatic carbocycles. The predicted octanol–water partition coefficient (Wildman–Crippen LogP) is 4.58. The van der Waals surface area contributed by atoms with Gasteiger partial charge in [-0.25, -0.2) is 0 Å². The van der Waals surface area contributed by atoms with Crippen LogP contribution in [0.4, 0.5) is 0 Å². The average Bonchev–Trinajstić information content (AvgIpc) is 2.52. The first-order valence-electron chi connectivity index (χ1n) is 7.27. The number of ether oxygens (including phenoxy) is 1. The van der Waals surface area contributed by atoms with Crippen molar-refractivity contribution in [1.82, 2.24) is 5.32 Å². The van der Waals surface area contributed by atoms with E-state index in [0.29, 0.717) is 12.6 Å². The van der Waals surface area contributed by atoms with Crippen LogP contribution in [0.1, 0.15) is 31.4 Å². The molecule has 2 rings (SSSR count). The van der Waals surface area contributed by atoms with Gasteiger partial charge in [0.15, 0.2) is 0 Å². The van der Waals surface area contributed by atoms with Crippen molar-refractivity contribution in [2.24, 2.45) is 0 Å². The topological polar surface area (TPSA) is 21.3 Å². The van der Waals surface area contributed by atoms with Gasteiger partial charge in [0.25, 0.3) is 0 Å². The van der Waals surface area contributed by atoms with Gasteiger partial charge >= 0.3 is 0 Å². The van der Waals surface area contributed by atoms with Crippen molar-refractivity contribution in [2.45, 2.75) is 39.5 Å². The SMILES string of the molecule is CCC(C)NCc1ccc(OCc2ccccc2)cc1.Cl. The fraction of sp³-hybridized carbons (Fsp3) is 0.333. The molecule has 0 fully saturated rings. The van der Waals surface area contributed by atoms with Gasteiger partial charge in [-0.15, -0.1) is 12.4 Å². The lowest BCUT2D eigenvalue weighted by atomic mass is 10.2. The lowest BCUT2D eigenvalue weighted by molar-refractivity contribution is 0.306. The zero-order valence-electron chi connectivity index (χ0n) is 12.7. The Morgan fingerprint density at radius 2 is 1.62 bits per heavy atom. The molecule has 1 N–H and O–H groups in total. The minimum Gasteiger partial charge on any atom is -0.489 e. The van der Waals surface area contributed by atoms with Crippen LogP contribution in [0.5, 0.6) is 5.75 Å². The number of hydrogen-bond donors (Lipinski definition) is 1. The van der Waals surface area contributed by atoms with Crippen LogP contribution in [0.3, 0.4) is 0 Å². The van der Waals surface area contributed by atoms with Crippen molar-refractivity contribution in [1.29, 1.82) is 0 Å². The molecular formula is C18H24ClNO. The van der Waals surface area contributed by atoms with Gasteiger partial charge in [-0.3, -0.25) is 0 Å². The first-order valence-corrected chi connectivity index (χ1v) is 7.27. The summed E-state index contributed by atoms with van der Waals surface area (Å²) in [7, 11) is 0. The van der Waals surface area contributed by atoms with Crippen LogP contribution in [0.25, 0.3) is 0 Å². The molecule has 114 valence electrons. The lowest BCUT2D eigenvalue weighted by Gasteiger charge is -2.12. The summed E-state index contributed by atoms with van der Waals surface area (Å²) in [6.07, 6.45) is 1.15. The highest BCUT2D eigenvalue weighted by Crippen LogP contribution is 2.14. The molecule has 2 aromatic rings. The molecule has 0 heterocycles. The monoisotopic (exact) mass is 305 g/mol. The highest BCUT2D eigenvalue weighted by Gasteiger charge is 1.99. The fourth-order valence-corrected chi connectivity index (χ4v) is 1.88. The van der Waals surface area contributed by atoms with E-state index in [4.69, 9.17) is 4.74 Å². The van der Waals surface area contributed by atoms with Crippen molar-refractivity contribution < 1.29 is 4.74 Å². The number of benzene rings is 2. The van der Waals surface area contributed by atoms with E-state index in [9.17, 15) is 0 Å². The maximum Gasteiger partial charge on any atom is 0.119 e. The van der Waals surface area contributed by atoms with Crippen LogP contribution in [0.2, 0.25) is 0 Å². The molecule has 3 heteroatoms. The smallest absolute Gasteiger partial charge is 0.119 e. The standard InChI is InChI=1S/C18H23NO.ClH/c1-3-15(2)19-13-16-9-11-18(12-10-16)20-14-17-7-5-4-6-8-17;/h4-12,15,19H,3,13-14H2,1-2H3;1H. The fourth-order valence-electron chi connectivity index (χ4n) is 1.88. The Hall–Kier alpha value is -1.51. The highest BCUT2D eigenvalue weighted by atomic mass is 35.5. The van der Waals surface area contributed by atoms with Gasteiger partial charge in [-0.1, -0.05) is 49.4 Å². The Kier molecular flexibility index (Phi) is 7.88. The second-order valence-corrected chi connectivity index (χ2v) is 5.11. The molecule has 2 nitrogen and oxygen atoms in total. The minimum absolute atomic E-state index is 0. The van der Waals surface area contributed by atoms with Crippen molar-refractivity contribution in [2.75, 3.05) is 0 Å². The maximum absolute atomic E-state index is 5.77. The molecule has 0 amide bonds. The van der Waals surface area contributed by atoms with Crippen LogP contribution < -0.4 is 10.1 Å². The Morgan fingerprint density at radius 1 is 0.952 bits per heavy atom. The first-order chi connectivity index (χ1) is 9.78. The van der Waals surface area contributed by atoms with E-state index < -0.39 is 0 Å². The van der Waals surface area contributed by atoms with Gasteiger partial charge in [-0.2, -0.15) is 0 Å². The third kappa shape index (κ3) is 6.19. The molecule has 0 aromatic heterocycles. The number of hydrogen-bond acceptors (Lipinski definition) is 2. The van der Waals surface area contributed by atoms with E-state index in [1.165, 1.54) is 11.1 Å². The van der Waals surface area contributed by atoms with Crippen LogP contribution in [-0.2, 0) is 13.2 Å². The number of halogens is 1. The summed E-state index contributed by atoms with van der Waals surface area (Å²) in [6.45, 7) is 5.93.